The standard InChI is InChI=1S/C16H19Cl2NSi/c1-20(2,3)14-7-4-12(5-8-14)11-19-16-10-13(17)6-9-15(16)18/h4-10,19H,11H2,1-3H3. The van der Waals surface area contributed by atoms with Gasteiger partial charge in [-0.1, -0.05) is 72.3 Å². The number of nitrogens with one attached hydrogen (secondary N) is 1. The number of anilines is 1. The van der Waals surface area contributed by atoms with Crippen LogP contribution in [0.25, 0.3) is 0 Å². The van der Waals surface area contributed by atoms with Crippen LogP contribution in [0.5, 0.6) is 0 Å². The van der Waals surface area contributed by atoms with E-state index >= 15 is 0 Å². The lowest BCUT2D eigenvalue weighted by Gasteiger charge is -2.17. The maximum absolute atomic E-state index is 6.13. The van der Waals surface area contributed by atoms with Gasteiger partial charge in [0, 0.05) is 11.6 Å². The van der Waals surface area contributed by atoms with E-state index in [1.54, 1.807) is 12.1 Å². The number of hydrogen-bond donors (Lipinski definition) is 1. The Morgan fingerprint density at radius 3 is 2.20 bits per heavy atom. The first-order valence-electron chi connectivity index (χ1n) is 6.64. The topological polar surface area (TPSA) is 12.0 Å². The highest BCUT2D eigenvalue weighted by molar-refractivity contribution is 6.88. The van der Waals surface area contributed by atoms with Crippen molar-refractivity contribution in [2.75, 3.05) is 5.32 Å². The van der Waals surface area contributed by atoms with Crippen LogP contribution in [0.15, 0.2) is 42.5 Å². The first-order valence-corrected chi connectivity index (χ1v) is 10.9. The molecular formula is C16H19Cl2NSi. The van der Waals surface area contributed by atoms with Gasteiger partial charge in [0.05, 0.1) is 18.8 Å². The van der Waals surface area contributed by atoms with Crippen molar-refractivity contribution in [3.63, 3.8) is 0 Å². The molecule has 0 aromatic heterocycles. The van der Waals surface area contributed by atoms with Crippen molar-refractivity contribution in [1.82, 2.24) is 0 Å². The number of hydrogen-bond acceptors (Lipinski definition) is 1. The Kier molecular flexibility index (Phi) is 4.79. The van der Waals surface area contributed by atoms with Gasteiger partial charge in [0.15, 0.2) is 0 Å². The van der Waals surface area contributed by atoms with E-state index in [-0.39, 0.29) is 0 Å². The molecule has 0 heterocycles. The minimum atomic E-state index is -1.22. The lowest BCUT2D eigenvalue weighted by atomic mass is 10.2. The van der Waals surface area contributed by atoms with Crippen molar-refractivity contribution in [3.8, 4) is 0 Å². The van der Waals surface area contributed by atoms with Crippen molar-refractivity contribution in [2.45, 2.75) is 26.2 Å². The molecule has 2 aromatic rings. The Labute approximate surface area is 131 Å². The van der Waals surface area contributed by atoms with Crippen LogP contribution in [0.3, 0.4) is 0 Å². The average Bonchev–Trinajstić information content (AvgIpc) is 2.39. The molecule has 2 rings (SSSR count). The molecule has 106 valence electrons. The Hall–Kier alpha value is -0.963. The summed E-state index contributed by atoms with van der Waals surface area (Å²) in [6.45, 7) is 7.80. The smallest absolute Gasteiger partial charge is 0.0775 e. The Balaban J connectivity index is 2.06. The van der Waals surface area contributed by atoms with Gasteiger partial charge < -0.3 is 5.32 Å². The minimum absolute atomic E-state index is 0.686. The van der Waals surface area contributed by atoms with E-state index in [1.165, 1.54) is 10.8 Å². The van der Waals surface area contributed by atoms with Crippen LogP contribution in [-0.2, 0) is 6.54 Å². The van der Waals surface area contributed by atoms with Crippen LogP contribution in [0.1, 0.15) is 5.56 Å². The van der Waals surface area contributed by atoms with E-state index in [0.717, 1.165) is 12.2 Å². The number of benzene rings is 2. The molecule has 4 heteroatoms. The molecule has 0 spiro atoms. The fourth-order valence-electron chi connectivity index (χ4n) is 1.95. The third-order valence-corrected chi connectivity index (χ3v) is 5.86. The summed E-state index contributed by atoms with van der Waals surface area (Å²) in [7, 11) is -1.22. The molecule has 2 aromatic carbocycles. The Morgan fingerprint density at radius 1 is 0.950 bits per heavy atom. The minimum Gasteiger partial charge on any atom is -0.380 e. The van der Waals surface area contributed by atoms with Gasteiger partial charge >= 0.3 is 0 Å². The second-order valence-electron chi connectivity index (χ2n) is 5.92. The van der Waals surface area contributed by atoms with Gasteiger partial charge in [0.2, 0.25) is 0 Å². The monoisotopic (exact) mass is 323 g/mol. The molecular weight excluding hydrogens is 305 g/mol. The lowest BCUT2D eigenvalue weighted by Crippen LogP contribution is -2.37. The van der Waals surface area contributed by atoms with E-state index in [4.69, 9.17) is 23.2 Å². The first-order chi connectivity index (χ1) is 9.36. The Bertz CT molecular complexity index is 588. The van der Waals surface area contributed by atoms with Crippen LogP contribution in [-0.4, -0.2) is 8.07 Å². The van der Waals surface area contributed by atoms with E-state index in [2.05, 4.69) is 49.2 Å². The molecule has 1 nitrogen and oxygen atoms in total. The average molecular weight is 324 g/mol. The van der Waals surface area contributed by atoms with Gasteiger partial charge in [0.1, 0.15) is 0 Å². The molecule has 0 radical (unpaired) electrons. The third kappa shape index (κ3) is 4.01. The highest BCUT2D eigenvalue weighted by Crippen LogP contribution is 2.25. The van der Waals surface area contributed by atoms with Crippen LogP contribution in [0.2, 0.25) is 29.7 Å². The molecule has 0 aliphatic carbocycles. The second kappa shape index (κ2) is 6.21. The van der Waals surface area contributed by atoms with Crippen molar-refractivity contribution < 1.29 is 0 Å². The highest BCUT2D eigenvalue weighted by Gasteiger charge is 2.15. The van der Waals surface area contributed by atoms with Crippen molar-refractivity contribution in [1.29, 1.82) is 0 Å². The molecule has 0 atom stereocenters. The number of rotatable bonds is 4. The molecule has 20 heavy (non-hydrogen) atoms. The summed E-state index contributed by atoms with van der Waals surface area (Å²) in [5, 5.41) is 6.17. The molecule has 1 N–H and O–H groups in total. The van der Waals surface area contributed by atoms with Crippen LogP contribution >= 0.6 is 23.2 Å². The lowest BCUT2D eigenvalue weighted by molar-refractivity contribution is 1.15. The zero-order valence-corrected chi connectivity index (χ0v) is 14.5. The van der Waals surface area contributed by atoms with Crippen LogP contribution in [0.4, 0.5) is 5.69 Å². The summed E-state index contributed by atoms with van der Waals surface area (Å²) in [6.07, 6.45) is 0. The molecule has 0 unspecified atom stereocenters. The molecule has 0 saturated carbocycles. The van der Waals surface area contributed by atoms with Gasteiger partial charge in [-0.2, -0.15) is 0 Å². The normalized spacial score (nSPS) is 11.4. The highest BCUT2D eigenvalue weighted by atomic mass is 35.5. The summed E-state index contributed by atoms with van der Waals surface area (Å²) in [5.41, 5.74) is 2.11. The molecule has 0 fully saturated rings. The van der Waals surface area contributed by atoms with E-state index in [9.17, 15) is 0 Å². The molecule has 0 aliphatic heterocycles. The quantitative estimate of drug-likeness (QED) is 0.767. The third-order valence-electron chi connectivity index (χ3n) is 3.23. The molecule has 0 aliphatic rings. The molecule has 0 amide bonds. The second-order valence-corrected chi connectivity index (χ2v) is 11.8. The zero-order chi connectivity index (χ0) is 14.8. The van der Waals surface area contributed by atoms with Crippen LogP contribution in [0, 0.1) is 0 Å². The SMILES string of the molecule is C[Si](C)(C)c1ccc(CNc2cc(Cl)ccc2Cl)cc1. The molecule has 0 saturated heterocycles. The van der Waals surface area contributed by atoms with Crippen molar-refractivity contribution in [3.05, 3.63) is 58.1 Å². The Morgan fingerprint density at radius 2 is 1.60 bits per heavy atom. The summed E-state index contributed by atoms with van der Waals surface area (Å²) in [6, 6.07) is 14.3. The van der Waals surface area contributed by atoms with E-state index in [0.29, 0.717) is 10.0 Å². The van der Waals surface area contributed by atoms with Gasteiger partial charge in [-0.25, -0.2) is 0 Å². The fourth-order valence-corrected chi connectivity index (χ4v) is 3.48. The largest absolute Gasteiger partial charge is 0.380 e. The predicted octanol–water partition coefficient (Wildman–Crippen LogP) is 5.15. The van der Waals surface area contributed by atoms with E-state index in [1.807, 2.05) is 6.07 Å². The zero-order valence-electron chi connectivity index (χ0n) is 12.0. The fraction of sp³-hybridized carbons (Fsp3) is 0.250. The maximum atomic E-state index is 6.13. The van der Waals surface area contributed by atoms with Gasteiger partial charge in [-0.05, 0) is 23.8 Å². The van der Waals surface area contributed by atoms with Gasteiger partial charge in [0.25, 0.3) is 0 Å². The van der Waals surface area contributed by atoms with Gasteiger partial charge in [-0.3, -0.25) is 0 Å². The maximum Gasteiger partial charge on any atom is 0.0775 e. The van der Waals surface area contributed by atoms with Gasteiger partial charge in [-0.15, -0.1) is 0 Å². The van der Waals surface area contributed by atoms with Crippen LogP contribution < -0.4 is 10.5 Å². The summed E-state index contributed by atoms with van der Waals surface area (Å²) >= 11 is 12.1. The summed E-state index contributed by atoms with van der Waals surface area (Å²) in [5.74, 6) is 0. The van der Waals surface area contributed by atoms with Crippen molar-refractivity contribution in [2.24, 2.45) is 0 Å². The predicted molar refractivity (Wildman–Crippen MR) is 93.2 cm³/mol. The number of halogens is 2. The van der Waals surface area contributed by atoms with E-state index < -0.39 is 8.07 Å². The summed E-state index contributed by atoms with van der Waals surface area (Å²) < 4.78 is 0. The van der Waals surface area contributed by atoms with Crippen molar-refractivity contribution >= 4 is 42.1 Å². The summed E-state index contributed by atoms with van der Waals surface area (Å²) in [4.78, 5) is 0. The molecule has 0 bridgehead atoms. The first kappa shape index (κ1) is 15.4.